The molecule has 2 aliphatic heterocycles. The van der Waals surface area contributed by atoms with Gasteiger partial charge in [-0.05, 0) is 111 Å². The number of hydrogen-bond donors (Lipinski definition) is 3. The number of Topliss-reactive ketones (excluding diaryl/α,β-unsaturated/α-hetero) is 1. The number of benzene rings is 4. The summed E-state index contributed by atoms with van der Waals surface area (Å²) in [7, 11) is 0. The topological polar surface area (TPSA) is 84.2 Å². The molecule has 0 saturated carbocycles. The minimum atomic E-state index is -1.56. The zero-order valence-corrected chi connectivity index (χ0v) is 30.4. The predicted molar refractivity (Wildman–Crippen MR) is 200 cm³/mol. The van der Waals surface area contributed by atoms with Crippen LogP contribution < -0.4 is 0 Å². The van der Waals surface area contributed by atoms with Gasteiger partial charge in [0.25, 0.3) is 0 Å². The molecule has 4 aromatic carbocycles. The summed E-state index contributed by atoms with van der Waals surface area (Å²) in [5.41, 5.74) is -0.669. The predicted octanol–water partition coefficient (Wildman–Crippen LogP) is 7.96. The van der Waals surface area contributed by atoms with Crippen molar-refractivity contribution in [1.82, 2.24) is 9.80 Å². The minimum absolute atomic E-state index is 0.150. The number of ketones is 1. The van der Waals surface area contributed by atoms with Crippen LogP contribution in [0, 0.1) is 11.7 Å². The van der Waals surface area contributed by atoms with Crippen LogP contribution in [0.2, 0.25) is 10.0 Å². The van der Waals surface area contributed by atoms with Crippen molar-refractivity contribution in [2.75, 3.05) is 39.3 Å². The molecule has 3 N–H and O–H groups in total. The van der Waals surface area contributed by atoms with E-state index < -0.39 is 28.5 Å². The highest BCUT2D eigenvalue weighted by Gasteiger charge is 2.44. The highest BCUT2D eigenvalue weighted by Crippen LogP contribution is 2.41. The van der Waals surface area contributed by atoms with Crippen LogP contribution in [0.5, 0.6) is 0 Å². The highest BCUT2D eigenvalue weighted by atomic mass is 35.5. The van der Waals surface area contributed by atoms with Gasteiger partial charge < -0.3 is 25.1 Å². The number of nitrogens with zero attached hydrogens (tertiary/aromatic N) is 2. The standard InChI is InChI=1S/C42H47Cl2FN2O4/c43-35-13-7-32(8-14-35)40(49)21-27-46(28-22-40)25-4-20-42(51,34-11-17-37(45)18-12-34)38(39(48)31-5-2-1-3-6-31)19-26-47-29-23-41(50,24-30-47)33-9-15-36(44)16-10-33/h1-3,5-18,38,49-51H,4,19-30H2. The molecule has 0 aliphatic carbocycles. The van der Waals surface area contributed by atoms with Crippen LogP contribution >= 0.6 is 23.2 Å². The average Bonchev–Trinajstić information content (AvgIpc) is 3.14. The zero-order valence-electron chi connectivity index (χ0n) is 28.9. The van der Waals surface area contributed by atoms with Gasteiger partial charge in [0.1, 0.15) is 5.82 Å². The lowest BCUT2D eigenvalue weighted by molar-refractivity contribution is -0.0461. The fraction of sp³-hybridized carbons (Fsp3) is 0.405. The van der Waals surface area contributed by atoms with Gasteiger partial charge in [0, 0.05) is 41.8 Å². The first-order valence-corrected chi connectivity index (χ1v) is 18.7. The van der Waals surface area contributed by atoms with E-state index in [9.17, 15) is 24.5 Å². The lowest BCUT2D eigenvalue weighted by atomic mass is 9.72. The number of carbonyl (C=O) groups is 1. The van der Waals surface area contributed by atoms with Crippen molar-refractivity contribution in [2.45, 2.75) is 61.7 Å². The molecule has 0 radical (unpaired) electrons. The fourth-order valence-corrected chi connectivity index (χ4v) is 8.18. The van der Waals surface area contributed by atoms with Gasteiger partial charge in [-0.3, -0.25) is 4.79 Å². The number of likely N-dealkylation sites (tertiary alicyclic amines) is 2. The Labute approximate surface area is 310 Å². The largest absolute Gasteiger partial charge is 0.385 e. The van der Waals surface area contributed by atoms with Gasteiger partial charge in [0.15, 0.2) is 5.78 Å². The Bertz CT molecular complexity index is 1720. The monoisotopic (exact) mass is 732 g/mol. The van der Waals surface area contributed by atoms with Crippen molar-refractivity contribution in [1.29, 1.82) is 0 Å². The van der Waals surface area contributed by atoms with Crippen LogP contribution in [0.1, 0.15) is 72.0 Å². The van der Waals surface area contributed by atoms with E-state index in [4.69, 9.17) is 23.2 Å². The fourth-order valence-electron chi connectivity index (χ4n) is 7.92. The van der Waals surface area contributed by atoms with Gasteiger partial charge in [0.2, 0.25) is 0 Å². The smallest absolute Gasteiger partial charge is 0.169 e. The highest BCUT2D eigenvalue weighted by molar-refractivity contribution is 6.30. The summed E-state index contributed by atoms with van der Waals surface area (Å²) in [6.45, 7) is 3.89. The summed E-state index contributed by atoms with van der Waals surface area (Å²) in [5, 5.41) is 36.8. The molecular formula is C42H47Cl2FN2O4. The number of carbonyl (C=O) groups excluding carboxylic acids is 1. The van der Waals surface area contributed by atoms with Gasteiger partial charge in [-0.25, -0.2) is 4.39 Å². The lowest BCUT2D eigenvalue weighted by Crippen LogP contribution is -2.46. The molecule has 6 nitrogen and oxygen atoms in total. The molecule has 0 amide bonds. The number of aliphatic hydroxyl groups is 3. The molecular weight excluding hydrogens is 686 g/mol. The molecule has 51 heavy (non-hydrogen) atoms. The third kappa shape index (κ3) is 8.91. The van der Waals surface area contributed by atoms with E-state index in [1.54, 1.807) is 48.5 Å². The van der Waals surface area contributed by atoms with Crippen molar-refractivity contribution in [3.63, 3.8) is 0 Å². The van der Waals surface area contributed by atoms with Crippen LogP contribution in [0.4, 0.5) is 4.39 Å². The van der Waals surface area contributed by atoms with Crippen LogP contribution in [-0.2, 0) is 16.8 Å². The van der Waals surface area contributed by atoms with Crippen molar-refractivity contribution in [3.05, 3.63) is 141 Å². The SMILES string of the molecule is O=C(c1ccccc1)C(CCN1CCC(O)(c2ccc(Cl)cc2)CC1)C(O)(CCCN1CCC(O)(c2ccc(Cl)cc2)CC1)c1ccc(F)cc1. The van der Waals surface area contributed by atoms with Crippen molar-refractivity contribution in [2.24, 2.45) is 5.92 Å². The molecule has 9 heteroatoms. The lowest BCUT2D eigenvalue weighted by Gasteiger charge is -2.41. The molecule has 2 saturated heterocycles. The quantitative estimate of drug-likeness (QED) is 0.121. The maximum atomic E-state index is 14.4. The Morgan fingerprint density at radius 1 is 0.706 bits per heavy atom. The van der Waals surface area contributed by atoms with Crippen molar-refractivity contribution in [3.8, 4) is 0 Å². The first-order valence-electron chi connectivity index (χ1n) is 18.0. The van der Waals surface area contributed by atoms with E-state index in [0.29, 0.717) is 105 Å². The van der Waals surface area contributed by atoms with E-state index in [2.05, 4.69) is 9.80 Å². The molecule has 6 rings (SSSR count). The van der Waals surface area contributed by atoms with Gasteiger partial charge in [-0.2, -0.15) is 0 Å². The van der Waals surface area contributed by atoms with E-state index >= 15 is 0 Å². The zero-order chi connectivity index (χ0) is 36.1. The molecule has 0 bridgehead atoms. The molecule has 0 aromatic heterocycles. The van der Waals surface area contributed by atoms with E-state index in [0.717, 1.165) is 11.1 Å². The second-order valence-electron chi connectivity index (χ2n) is 14.4. The summed E-state index contributed by atoms with van der Waals surface area (Å²) < 4.78 is 14.2. The Kier molecular flexibility index (Phi) is 12.0. The normalized spacial score (nSPS) is 19.6. The molecule has 2 aliphatic rings. The molecule has 0 spiro atoms. The average molecular weight is 734 g/mol. The summed E-state index contributed by atoms with van der Waals surface area (Å²) in [6.07, 6.45) is 3.52. The molecule has 2 unspecified atom stereocenters. The summed E-state index contributed by atoms with van der Waals surface area (Å²) >= 11 is 12.2. The van der Waals surface area contributed by atoms with E-state index in [1.807, 2.05) is 42.5 Å². The van der Waals surface area contributed by atoms with Crippen molar-refractivity contribution >= 4 is 29.0 Å². The van der Waals surface area contributed by atoms with E-state index in [-0.39, 0.29) is 5.78 Å². The summed E-state index contributed by atoms with van der Waals surface area (Å²) in [4.78, 5) is 18.9. The number of piperidine rings is 2. The van der Waals surface area contributed by atoms with Crippen LogP contribution in [0.15, 0.2) is 103 Å². The number of halogens is 3. The van der Waals surface area contributed by atoms with Crippen LogP contribution in [0.25, 0.3) is 0 Å². The first kappa shape index (κ1) is 37.6. The molecule has 2 fully saturated rings. The number of rotatable bonds is 13. The summed E-state index contributed by atoms with van der Waals surface area (Å²) in [6, 6.07) is 29.7. The summed E-state index contributed by atoms with van der Waals surface area (Å²) in [5.74, 6) is -1.35. The number of hydrogen-bond acceptors (Lipinski definition) is 6. The van der Waals surface area contributed by atoms with Gasteiger partial charge >= 0.3 is 0 Å². The maximum Gasteiger partial charge on any atom is 0.169 e. The second-order valence-corrected chi connectivity index (χ2v) is 15.2. The van der Waals surface area contributed by atoms with Gasteiger partial charge in [-0.1, -0.05) is 89.9 Å². The molecule has 2 atom stereocenters. The Morgan fingerprint density at radius 3 is 1.67 bits per heavy atom. The Hall–Kier alpha value is -3.14. The van der Waals surface area contributed by atoms with Crippen LogP contribution in [0.3, 0.4) is 0 Å². The molecule has 4 aromatic rings. The second kappa shape index (κ2) is 16.3. The van der Waals surface area contributed by atoms with Crippen LogP contribution in [-0.4, -0.2) is 70.2 Å². The minimum Gasteiger partial charge on any atom is -0.385 e. The third-order valence-corrected chi connectivity index (χ3v) is 11.7. The Morgan fingerprint density at radius 2 is 1.18 bits per heavy atom. The molecule has 2 heterocycles. The Balaban J connectivity index is 1.17. The van der Waals surface area contributed by atoms with Crippen molar-refractivity contribution < 1.29 is 24.5 Å². The molecule has 270 valence electrons. The van der Waals surface area contributed by atoms with E-state index in [1.165, 1.54) is 12.1 Å². The third-order valence-electron chi connectivity index (χ3n) is 11.2. The van der Waals surface area contributed by atoms with Gasteiger partial charge in [0.05, 0.1) is 22.7 Å². The van der Waals surface area contributed by atoms with Gasteiger partial charge in [-0.15, -0.1) is 0 Å². The first-order chi connectivity index (χ1) is 24.5. The maximum absolute atomic E-state index is 14.4.